The van der Waals surface area contributed by atoms with Crippen LogP contribution in [-0.2, 0) is 18.6 Å². The van der Waals surface area contributed by atoms with Crippen LogP contribution in [-0.4, -0.2) is 78.7 Å². The molecule has 32 heavy (non-hydrogen) atoms. The standard InChI is InChI=1S/C24H50N3O4P/c1-8-11-13-15-17-22(16-14-12-9-2)31-32(29,25(6)7)27-20-18-26(19-21-27)23(28)24(4,5)30-10-3/h22H,8-21H2,1-7H3/t22-,32?/m1/s1. The molecular formula is C24H50N3O4P. The van der Waals surface area contributed by atoms with E-state index in [9.17, 15) is 9.36 Å². The Labute approximate surface area is 197 Å². The van der Waals surface area contributed by atoms with Crippen LogP contribution in [0.3, 0.4) is 0 Å². The Balaban J connectivity index is 2.81. The fraction of sp³-hybridized carbons (Fsp3) is 0.958. The monoisotopic (exact) mass is 475 g/mol. The smallest absolute Gasteiger partial charge is 0.345 e. The minimum atomic E-state index is -3.14. The normalized spacial score (nSPS) is 18.7. The predicted octanol–water partition coefficient (Wildman–Crippen LogP) is 5.55. The zero-order chi connectivity index (χ0) is 24.2. The lowest BCUT2D eigenvalue weighted by atomic mass is 10.0. The van der Waals surface area contributed by atoms with E-state index in [0.29, 0.717) is 32.8 Å². The molecule has 1 aliphatic rings. The number of piperazine rings is 1. The van der Waals surface area contributed by atoms with Crippen molar-refractivity contribution in [2.45, 2.75) is 104 Å². The first-order valence-corrected chi connectivity index (χ1v) is 14.3. The number of nitrogens with zero attached hydrogens (tertiary/aromatic N) is 3. The third kappa shape index (κ3) is 9.06. The summed E-state index contributed by atoms with van der Waals surface area (Å²) in [6.45, 7) is 12.6. The Morgan fingerprint density at radius 2 is 1.47 bits per heavy atom. The number of ether oxygens (including phenoxy) is 1. The first-order chi connectivity index (χ1) is 15.1. The van der Waals surface area contributed by atoms with Gasteiger partial charge in [-0.1, -0.05) is 58.8 Å². The van der Waals surface area contributed by atoms with Gasteiger partial charge in [0.15, 0.2) is 0 Å². The van der Waals surface area contributed by atoms with Gasteiger partial charge in [0.2, 0.25) is 0 Å². The Hall–Kier alpha value is -0.460. The third-order valence-electron chi connectivity index (χ3n) is 6.22. The Bertz CT molecular complexity index is 578. The molecule has 1 amide bonds. The van der Waals surface area contributed by atoms with Crippen LogP contribution in [0.2, 0.25) is 0 Å². The van der Waals surface area contributed by atoms with Gasteiger partial charge in [0.25, 0.3) is 5.91 Å². The molecule has 1 fully saturated rings. The molecule has 1 aliphatic heterocycles. The summed E-state index contributed by atoms with van der Waals surface area (Å²) in [7, 11) is 0.548. The number of hydrogen-bond donors (Lipinski definition) is 0. The van der Waals surface area contributed by atoms with Gasteiger partial charge in [0.1, 0.15) is 5.60 Å². The minimum Gasteiger partial charge on any atom is -0.366 e. The van der Waals surface area contributed by atoms with Crippen molar-refractivity contribution >= 4 is 13.6 Å². The van der Waals surface area contributed by atoms with Crippen molar-refractivity contribution in [3.8, 4) is 0 Å². The number of carbonyl (C=O) groups is 1. The molecule has 1 unspecified atom stereocenters. The SMILES string of the molecule is CCCCCC[C@@H](CCCCC)OP(=O)(N(C)C)N1CCN(C(=O)C(C)(C)OCC)CC1. The molecule has 2 atom stereocenters. The van der Waals surface area contributed by atoms with Gasteiger partial charge in [-0.05, 0) is 47.7 Å². The van der Waals surface area contributed by atoms with Crippen LogP contribution in [0.4, 0.5) is 0 Å². The molecule has 0 aliphatic carbocycles. The molecule has 1 saturated heterocycles. The Morgan fingerprint density at radius 3 is 1.97 bits per heavy atom. The maximum absolute atomic E-state index is 14.1. The molecule has 7 nitrogen and oxygen atoms in total. The van der Waals surface area contributed by atoms with Crippen LogP contribution in [0, 0.1) is 0 Å². The molecule has 0 radical (unpaired) electrons. The summed E-state index contributed by atoms with van der Waals surface area (Å²) in [5, 5.41) is 0. The summed E-state index contributed by atoms with van der Waals surface area (Å²) in [6.07, 6.45) is 10.2. The third-order valence-corrected chi connectivity index (χ3v) is 8.92. The zero-order valence-corrected chi connectivity index (χ0v) is 22.8. The molecule has 0 spiro atoms. The van der Waals surface area contributed by atoms with Crippen molar-refractivity contribution in [1.82, 2.24) is 14.2 Å². The molecule has 0 aromatic carbocycles. The number of amides is 1. The largest absolute Gasteiger partial charge is 0.366 e. The number of unbranched alkanes of at least 4 members (excludes halogenated alkanes) is 5. The van der Waals surface area contributed by atoms with Gasteiger partial charge in [-0.25, -0.2) is 9.34 Å². The molecule has 0 bridgehead atoms. The Kier molecular flexibility index (Phi) is 13.6. The molecule has 0 saturated carbocycles. The summed E-state index contributed by atoms with van der Waals surface area (Å²) in [6, 6.07) is 0. The second-order valence-electron chi connectivity index (χ2n) is 9.60. The number of rotatable bonds is 16. The van der Waals surface area contributed by atoms with Gasteiger partial charge in [-0.2, -0.15) is 0 Å². The van der Waals surface area contributed by atoms with Gasteiger partial charge < -0.3 is 14.2 Å². The van der Waals surface area contributed by atoms with E-state index in [-0.39, 0.29) is 12.0 Å². The lowest BCUT2D eigenvalue weighted by Gasteiger charge is -2.43. The molecule has 8 heteroatoms. The van der Waals surface area contributed by atoms with Gasteiger partial charge in [-0.3, -0.25) is 9.36 Å². The van der Waals surface area contributed by atoms with Gasteiger partial charge >= 0.3 is 7.67 Å². The highest BCUT2D eigenvalue weighted by atomic mass is 31.2. The molecule has 1 rings (SSSR count). The highest BCUT2D eigenvalue weighted by molar-refractivity contribution is 7.53. The second kappa shape index (κ2) is 14.7. The average Bonchev–Trinajstić information content (AvgIpc) is 2.76. The molecule has 0 aromatic rings. The maximum atomic E-state index is 14.1. The van der Waals surface area contributed by atoms with Crippen molar-refractivity contribution in [3.05, 3.63) is 0 Å². The highest BCUT2D eigenvalue weighted by Crippen LogP contribution is 2.54. The topological polar surface area (TPSA) is 62.3 Å². The second-order valence-corrected chi connectivity index (χ2v) is 12.2. The van der Waals surface area contributed by atoms with Crippen LogP contribution in [0.15, 0.2) is 0 Å². The van der Waals surface area contributed by atoms with E-state index in [0.717, 1.165) is 25.7 Å². The highest BCUT2D eigenvalue weighted by Gasteiger charge is 2.41. The van der Waals surface area contributed by atoms with Crippen LogP contribution in [0.25, 0.3) is 0 Å². The first-order valence-electron chi connectivity index (χ1n) is 12.8. The lowest BCUT2D eigenvalue weighted by Crippen LogP contribution is -2.54. The maximum Gasteiger partial charge on any atom is 0.345 e. The fourth-order valence-electron chi connectivity index (χ4n) is 4.23. The van der Waals surface area contributed by atoms with E-state index in [1.807, 2.05) is 44.4 Å². The van der Waals surface area contributed by atoms with E-state index in [1.165, 1.54) is 32.1 Å². The van der Waals surface area contributed by atoms with Gasteiger partial charge in [0, 0.05) is 32.8 Å². The van der Waals surface area contributed by atoms with Gasteiger partial charge in [0.05, 0.1) is 6.10 Å². The van der Waals surface area contributed by atoms with Crippen LogP contribution < -0.4 is 0 Å². The lowest BCUT2D eigenvalue weighted by molar-refractivity contribution is -0.155. The fourth-order valence-corrected chi connectivity index (χ4v) is 6.35. The molecule has 0 N–H and O–H groups in total. The van der Waals surface area contributed by atoms with Crippen LogP contribution in [0.1, 0.15) is 92.4 Å². The van der Waals surface area contributed by atoms with Crippen molar-refractivity contribution in [3.63, 3.8) is 0 Å². The first kappa shape index (κ1) is 29.6. The zero-order valence-electron chi connectivity index (χ0n) is 21.9. The number of hydrogen-bond acceptors (Lipinski definition) is 4. The van der Waals surface area contributed by atoms with E-state index in [2.05, 4.69) is 13.8 Å². The quantitative estimate of drug-likeness (QED) is 0.215. The van der Waals surface area contributed by atoms with Crippen molar-refractivity contribution in [2.24, 2.45) is 0 Å². The van der Waals surface area contributed by atoms with Crippen molar-refractivity contribution < 1.29 is 18.6 Å². The molecular weight excluding hydrogens is 425 g/mol. The minimum absolute atomic E-state index is 0.00651. The summed E-state index contributed by atoms with van der Waals surface area (Å²) in [5.74, 6) is -0.00651. The van der Waals surface area contributed by atoms with E-state index < -0.39 is 13.3 Å². The van der Waals surface area contributed by atoms with Crippen molar-refractivity contribution in [2.75, 3.05) is 46.9 Å². The van der Waals surface area contributed by atoms with E-state index in [4.69, 9.17) is 9.26 Å². The number of carbonyl (C=O) groups excluding carboxylic acids is 1. The predicted molar refractivity (Wildman–Crippen MR) is 133 cm³/mol. The van der Waals surface area contributed by atoms with Crippen LogP contribution >= 0.6 is 7.67 Å². The van der Waals surface area contributed by atoms with Gasteiger partial charge in [-0.15, -0.1) is 0 Å². The van der Waals surface area contributed by atoms with E-state index >= 15 is 0 Å². The molecule has 190 valence electrons. The summed E-state index contributed by atoms with van der Waals surface area (Å²) in [4.78, 5) is 14.7. The summed E-state index contributed by atoms with van der Waals surface area (Å²) >= 11 is 0. The van der Waals surface area contributed by atoms with Crippen LogP contribution in [0.5, 0.6) is 0 Å². The summed E-state index contributed by atoms with van der Waals surface area (Å²) < 4.78 is 29.9. The van der Waals surface area contributed by atoms with Crippen molar-refractivity contribution in [1.29, 1.82) is 0 Å². The van der Waals surface area contributed by atoms with E-state index in [1.54, 1.807) is 4.67 Å². The summed E-state index contributed by atoms with van der Waals surface area (Å²) in [5.41, 5.74) is -0.832. The Morgan fingerprint density at radius 1 is 0.938 bits per heavy atom. The average molecular weight is 476 g/mol. The molecule has 0 aromatic heterocycles. The molecule has 1 heterocycles.